The molecule has 1 aromatic carbocycles. The highest BCUT2D eigenvalue weighted by molar-refractivity contribution is 6.81. The summed E-state index contributed by atoms with van der Waals surface area (Å²) in [5, 5.41) is 1.16. The van der Waals surface area contributed by atoms with Crippen molar-refractivity contribution in [3.63, 3.8) is 0 Å². The largest absolute Gasteiger partial charge is 0.285 e. The van der Waals surface area contributed by atoms with Crippen LogP contribution < -0.4 is 0 Å². The fourth-order valence-electron chi connectivity index (χ4n) is 2.42. The van der Waals surface area contributed by atoms with Gasteiger partial charge in [-0.3, -0.25) is 14.4 Å². The van der Waals surface area contributed by atoms with Gasteiger partial charge in [0.1, 0.15) is 0 Å². The molecule has 1 aliphatic heterocycles. The molecule has 2 rings (SSSR count). The lowest BCUT2D eigenvalue weighted by Crippen LogP contribution is -2.44. The monoisotopic (exact) mass is 319 g/mol. The van der Waals surface area contributed by atoms with Crippen molar-refractivity contribution >= 4 is 19.9 Å². The smallest absolute Gasteiger partial charge is 0.266 e. The number of fused-ring (bicyclic) bond motifs is 1. The first-order valence-electron chi connectivity index (χ1n) is 7.68. The van der Waals surface area contributed by atoms with Crippen LogP contribution in [0.15, 0.2) is 24.3 Å². The Morgan fingerprint density at radius 1 is 1.09 bits per heavy atom. The van der Waals surface area contributed by atoms with Gasteiger partial charge < -0.3 is 0 Å². The Morgan fingerprint density at radius 3 is 1.95 bits per heavy atom. The third-order valence-electron chi connectivity index (χ3n) is 5.38. The van der Waals surface area contributed by atoms with Crippen LogP contribution in [0.3, 0.4) is 0 Å². The summed E-state index contributed by atoms with van der Waals surface area (Å²) >= 11 is 0. The van der Waals surface area contributed by atoms with Crippen LogP contribution in [0.5, 0.6) is 0 Å². The predicted octanol–water partition coefficient (Wildman–Crippen LogP) is 4.11. The first-order chi connectivity index (χ1) is 10.1. The molecule has 120 valence electrons. The van der Waals surface area contributed by atoms with Crippen molar-refractivity contribution in [2.24, 2.45) is 0 Å². The molecular weight excluding hydrogens is 294 g/mol. The predicted molar refractivity (Wildman–Crippen MR) is 89.5 cm³/mol. The van der Waals surface area contributed by atoms with Crippen molar-refractivity contribution in [2.45, 2.75) is 51.4 Å². The molecule has 1 heterocycles. The maximum absolute atomic E-state index is 12.3. The number of amides is 2. The molecule has 22 heavy (non-hydrogen) atoms. The summed E-state index contributed by atoms with van der Waals surface area (Å²) in [6.45, 7) is 13.9. The number of carbonyl (C=O) groups is 2. The van der Waals surface area contributed by atoms with Crippen molar-refractivity contribution in [2.75, 3.05) is 6.61 Å². The molecule has 0 N–H and O–H groups in total. The lowest BCUT2D eigenvalue weighted by molar-refractivity contribution is -0.0914. The zero-order valence-corrected chi connectivity index (χ0v) is 15.3. The lowest BCUT2D eigenvalue weighted by atomic mass is 10.1. The Balaban J connectivity index is 2.08. The second-order valence-electron chi connectivity index (χ2n) is 7.62. The molecule has 0 aromatic heterocycles. The van der Waals surface area contributed by atoms with E-state index in [-0.39, 0.29) is 16.9 Å². The minimum absolute atomic E-state index is 0.234. The van der Waals surface area contributed by atoms with Crippen LogP contribution in [0, 0.1) is 0 Å². The van der Waals surface area contributed by atoms with Crippen molar-refractivity contribution in [1.29, 1.82) is 0 Å². The molecule has 1 aliphatic rings. The number of carbonyl (C=O) groups excluding carboxylic acids is 2. The van der Waals surface area contributed by atoms with E-state index in [1.165, 1.54) is 0 Å². The third kappa shape index (κ3) is 2.75. The maximum Gasteiger partial charge on any atom is 0.285 e. The number of hydrogen-bond donors (Lipinski definition) is 0. The zero-order valence-electron chi connectivity index (χ0n) is 14.3. The van der Waals surface area contributed by atoms with Gasteiger partial charge in [0, 0.05) is 0 Å². The van der Waals surface area contributed by atoms with Gasteiger partial charge in [-0.2, -0.15) is 0 Å². The van der Waals surface area contributed by atoms with Crippen LogP contribution in [0.1, 0.15) is 48.4 Å². The topological polar surface area (TPSA) is 46.6 Å². The fraction of sp³-hybridized carbons (Fsp3) is 0.529. The molecule has 5 heteroatoms. The van der Waals surface area contributed by atoms with Crippen molar-refractivity contribution in [1.82, 2.24) is 5.06 Å². The standard InChI is InChI=1S/C17H25NO3Si/c1-12(22(5,6)17(2,3)4)11-21-18-15(19)13-9-7-8-10-14(13)16(18)20/h7-10,12H,11H2,1-6H3. The number of nitrogens with zero attached hydrogens (tertiary/aromatic N) is 1. The van der Waals surface area contributed by atoms with E-state index in [0.717, 1.165) is 5.06 Å². The Morgan fingerprint density at radius 2 is 1.55 bits per heavy atom. The number of hydrogen-bond acceptors (Lipinski definition) is 3. The summed E-state index contributed by atoms with van der Waals surface area (Å²) in [6, 6.07) is 6.84. The van der Waals surface area contributed by atoms with E-state index in [2.05, 4.69) is 40.8 Å². The zero-order chi connectivity index (χ0) is 16.7. The highest BCUT2D eigenvalue weighted by Crippen LogP contribution is 2.43. The second-order valence-corrected chi connectivity index (χ2v) is 13.5. The van der Waals surface area contributed by atoms with E-state index in [1.54, 1.807) is 24.3 Å². The average Bonchev–Trinajstić information content (AvgIpc) is 2.68. The number of rotatable bonds is 4. The van der Waals surface area contributed by atoms with E-state index < -0.39 is 8.07 Å². The Labute approximate surface area is 133 Å². The van der Waals surface area contributed by atoms with E-state index in [0.29, 0.717) is 23.3 Å². The van der Waals surface area contributed by atoms with Gasteiger partial charge in [-0.1, -0.05) is 52.9 Å². The van der Waals surface area contributed by atoms with E-state index in [1.807, 2.05) is 0 Å². The molecule has 4 nitrogen and oxygen atoms in total. The molecular formula is C17H25NO3Si. The molecule has 1 atom stereocenters. The summed E-state index contributed by atoms with van der Waals surface area (Å²) in [4.78, 5) is 30.1. The number of imide groups is 1. The summed E-state index contributed by atoms with van der Waals surface area (Å²) in [5.41, 5.74) is 1.18. The number of hydroxylamine groups is 2. The Bertz CT molecular complexity index is 569. The van der Waals surface area contributed by atoms with Crippen LogP contribution >= 0.6 is 0 Å². The molecule has 0 spiro atoms. The molecule has 0 bridgehead atoms. The van der Waals surface area contributed by atoms with Crippen LogP contribution in [0.25, 0.3) is 0 Å². The van der Waals surface area contributed by atoms with Gasteiger partial charge in [0.25, 0.3) is 11.8 Å². The summed E-state index contributed by atoms with van der Waals surface area (Å²) < 4.78 is 0. The minimum Gasteiger partial charge on any atom is -0.266 e. The highest BCUT2D eigenvalue weighted by Gasteiger charge is 2.42. The first kappa shape index (κ1) is 16.9. The average molecular weight is 319 g/mol. The van der Waals surface area contributed by atoms with Gasteiger partial charge in [-0.15, -0.1) is 5.06 Å². The molecule has 1 unspecified atom stereocenters. The van der Waals surface area contributed by atoms with Crippen LogP contribution in [-0.4, -0.2) is 31.6 Å². The molecule has 2 amide bonds. The maximum atomic E-state index is 12.3. The van der Waals surface area contributed by atoms with Gasteiger partial charge in [-0.05, 0) is 22.7 Å². The molecule has 0 radical (unpaired) electrons. The Kier molecular flexibility index (Phi) is 4.32. The van der Waals surface area contributed by atoms with Crippen LogP contribution in [0.2, 0.25) is 23.7 Å². The molecule has 0 saturated carbocycles. The highest BCUT2D eigenvalue weighted by atomic mass is 28.3. The van der Waals surface area contributed by atoms with Gasteiger partial charge in [0.15, 0.2) is 0 Å². The first-order valence-corrected chi connectivity index (χ1v) is 10.8. The second kappa shape index (κ2) is 5.63. The summed E-state index contributed by atoms with van der Waals surface area (Å²) in [6.07, 6.45) is 0. The molecule has 0 fully saturated rings. The molecule has 0 aliphatic carbocycles. The molecule has 1 aromatic rings. The SMILES string of the molecule is CC(CON1C(=O)c2ccccc2C1=O)[Si](C)(C)C(C)(C)C. The van der Waals surface area contributed by atoms with Crippen molar-refractivity contribution < 1.29 is 14.4 Å². The van der Waals surface area contributed by atoms with Gasteiger partial charge >= 0.3 is 0 Å². The van der Waals surface area contributed by atoms with E-state index in [9.17, 15) is 9.59 Å². The third-order valence-corrected chi connectivity index (χ3v) is 11.9. The van der Waals surface area contributed by atoms with Crippen LogP contribution in [-0.2, 0) is 4.84 Å². The summed E-state index contributed by atoms with van der Waals surface area (Å²) in [7, 11) is -1.58. The van der Waals surface area contributed by atoms with Crippen molar-refractivity contribution in [3.05, 3.63) is 35.4 Å². The Hall–Kier alpha value is -1.46. The van der Waals surface area contributed by atoms with E-state index >= 15 is 0 Å². The van der Waals surface area contributed by atoms with Gasteiger partial charge in [0.05, 0.1) is 25.8 Å². The normalized spacial score (nSPS) is 16.9. The van der Waals surface area contributed by atoms with E-state index in [4.69, 9.17) is 4.84 Å². The summed E-state index contributed by atoms with van der Waals surface area (Å²) in [5.74, 6) is -0.717. The van der Waals surface area contributed by atoms with Crippen molar-refractivity contribution in [3.8, 4) is 0 Å². The fourth-order valence-corrected chi connectivity index (χ4v) is 4.39. The van der Waals surface area contributed by atoms with Gasteiger partial charge in [-0.25, -0.2) is 0 Å². The number of benzene rings is 1. The molecule has 0 saturated heterocycles. The lowest BCUT2D eigenvalue weighted by Gasteiger charge is -2.41. The minimum atomic E-state index is -1.58. The quantitative estimate of drug-likeness (QED) is 0.619. The van der Waals surface area contributed by atoms with Gasteiger partial charge in [0.2, 0.25) is 0 Å². The van der Waals surface area contributed by atoms with Crippen LogP contribution in [0.4, 0.5) is 0 Å².